The Bertz CT molecular complexity index is 462. The molecule has 0 aromatic heterocycles. The van der Waals surface area contributed by atoms with Gasteiger partial charge >= 0.3 is 0 Å². The summed E-state index contributed by atoms with van der Waals surface area (Å²) in [6.07, 6.45) is 0. The third-order valence-corrected chi connectivity index (χ3v) is 3.46. The number of likely N-dealkylation sites (N-methyl/N-ethyl adjacent to an activating group) is 1. The van der Waals surface area contributed by atoms with Gasteiger partial charge in [0.25, 0.3) is 0 Å². The second-order valence-electron chi connectivity index (χ2n) is 4.87. The molecule has 1 heterocycles. The molecule has 1 aliphatic rings. The number of hydrogen-bond acceptors (Lipinski definition) is 4. The molecule has 0 bridgehead atoms. The molecule has 4 nitrogen and oxygen atoms in total. The zero-order valence-electron chi connectivity index (χ0n) is 11.7. The molecule has 106 valence electrons. The fraction of sp³-hybridized carbons (Fsp3) is 0.500. The van der Waals surface area contributed by atoms with Crippen LogP contribution >= 0.6 is 12.4 Å². The predicted octanol–water partition coefficient (Wildman–Crippen LogP) is 2.75. The van der Waals surface area contributed by atoms with Crippen LogP contribution in [-0.2, 0) is 0 Å². The molecule has 1 aromatic rings. The molecule has 0 aliphatic carbocycles. The second kappa shape index (κ2) is 6.26. The maximum absolute atomic E-state index is 12.4. The Morgan fingerprint density at radius 1 is 1.21 bits per heavy atom. The van der Waals surface area contributed by atoms with Crippen LogP contribution in [0, 0.1) is 0 Å². The van der Waals surface area contributed by atoms with E-state index in [4.69, 9.17) is 9.47 Å². The lowest BCUT2D eigenvalue weighted by Crippen LogP contribution is -2.40. The number of rotatable bonds is 4. The van der Waals surface area contributed by atoms with Crippen LogP contribution in [0.3, 0.4) is 0 Å². The number of carbonyl (C=O) groups excluding carboxylic acids is 1. The third kappa shape index (κ3) is 3.19. The lowest BCUT2D eigenvalue weighted by atomic mass is 10.0. The van der Waals surface area contributed by atoms with Crippen molar-refractivity contribution >= 4 is 18.2 Å². The van der Waals surface area contributed by atoms with E-state index in [1.54, 1.807) is 18.2 Å². The summed E-state index contributed by atoms with van der Waals surface area (Å²) in [7, 11) is 1.96. The van der Waals surface area contributed by atoms with E-state index in [-0.39, 0.29) is 31.0 Å². The number of ketones is 1. The molecule has 19 heavy (non-hydrogen) atoms. The average Bonchev–Trinajstić information content (AvgIpc) is 2.82. The first-order valence-corrected chi connectivity index (χ1v) is 6.16. The summed E-state index contributed by atoms with van der Waals surface area (Å²) in [6, 6.07) is 5.52. The molecule has 0 saturated carbocycles. The van der Waals surface area contributed by atoms with Gasteiger partial charge < -0.3 is 9.47 Å². The van der Waals surface area contributed by atoms with Crippen LogP contribution in [0.5, 0.6) is 11.5 Å². The van der Waals surface area contributed by atoms with Gasteiger partial charge in [-0.15, -0.1) is 12.4 Å². The van der Waals surface area contributed by atoms with Gasteiger partial charge in [0, 0.05) is 11.6 Å². The zero-order valence-corrected chi connectivity index (χ0v) is 12.5. The van der Waals surface area contributed by atoms with Gasteiger partial charge in [-0.25, -0.2) is 0 Å². The monoisotopic (exact) mass is 285 g/mol. The fourth-order valence-corrected chi connectivity index (χ4v) is 1.92. The van der Waals surface area contributed by atoms with Crippen molar-refractivity contribution < 1.29 is 14.3 Å². The van der Waals surface area contributed by atoms with Crippen molar-refractivity contribution in [1.82, 2.24) is 4.90 Å². The first-order valence-electron chi connectivity index (χ1n) is 6.16. The fourth-order valence-electron chi connectivity index (χ4n) is 1.92. The first-order chi connectivity index (χ1) is 8.50. The van der Waals surface area contributed by atoms with Crippen molar-refractivity contribution in [3.05, 3.63) is 23.8 Å². The van der Waals surface area contributed by atoms with Crippen molar-refractivity contribution in [2.75, 3.05) is 13.8 Å². The Hall–Kier alpha value is -1.26. The van der Waals surface area contributed by atoms with Gasteiger partial charge in [0.1, 0.15) is 0 Å². The largest absolute Gasteiger partial charge is 0.454 e. The third-order valence-electron chi connectivity index (χ3n) is 3.46. The van der Waals surface area contributed by atoms with Crippen molar-refractivity contribution in [2.45, 2.75) is 32.9 Å². The SMILES string of the molecule is CC(C)N(C)C(C)C(=O)c1ccc2c(c1)OCO2.Cl. The van der Waals surface area contributed by atoms with Crippen molar-refractivity contribution in [3.63, 3.8) is 0 Å². The highest BCUT2D eigenvalue weighted by Crippen LogP contribution is 2.32. The molecule has 0 radical (unpaired) electrons. The minimum Gasteiger partial charge on any atom is -0.454 e. The van der Waals surface area contributed by atoms with E-state index in [0.717, 1.165) is 0 Å². The summed E-state index contributed by atoms with van der Waals surface area (Å²) in [5.74, 6) is 1.46. The molecule has 1 unspecified atom stereocenters. The lowest BCUT2D eigenvalue weighted by Gasteiger charge is -2.27. The Labute approximate surface area is 120 Å². The summed E-state index contributed by atoms with van der Waals surface area (Å²) in [4.78, 5) is 14.4. The minimum atomic E-state index is -0.148. The van der Waals surface area contributed by atoms with Crippen LogP contribution in [0.15, 0.2) is 18.2 Å². The quantitative estimate of drug-likeness (QED) is 0.798. The average molecular weight is 286 g/mol. The Morgan fingerprint density at radius 3 is 2.47 bits per heavy atom. The van der Waals surface area contributed by atoms with Gasteiger partial charge in [-0.2, -0.15) is 0 Å². The molecule has 0 saturated heterocycles. The predicted molar refractivity (Wildman–Crippen MR) is 76.5 cm³/mol. The van der Waals surface area contributed by atoms with E-state index in [2.05, 4.69) is 13.8 Å². The number of fused-ring (bicyclic) bond motifs is 1. The van der Waals surface area contributed by atoms with Gasteiger partial charge in [-0.3, -0.25) is 9.69 Å². The second-order valence-corrected chi connectivity index (χ2v) is 4.87. The number of ether oxygens (including phenoxy) is 2. The van der Waals surface area contributed by atoms with E-state index in [1.807, 2.05) is 18.9 Å². The number of Topliss-reactive ketones (excluding diaryl/α,β-unsaturated/α-hetero) is 1. The summed E-state index contributed by atoms with van der Waals surface area (Å²) in [5.41, 5.74) is 0.666. The van der Waals surface area contributed by atoms with Crippen LogP contribution in [0.2, 0.25) is 0 Å². The summed E-state index contributed by atoms with van der Waals surface area (Å²) < 4.78 is 10.5. The van der Waals surface area contributed by atoms with Crippen LogP contribution in [0.1, 0.15) is 31.1 Å². The highest BCUT2D eigenvalue weighted by atomic mass is 35.5. The zero-order chi connectivity index (χ0) is 13.3. The molecule has 1 aromatic carbocycles. The molecule has 0 N–H and O–H groups in total. The molecule has 0 spiro atoms. The van der Waals surface area contributed by atoms with Crippen LogP contribution in [-0.4, -0.2) is 36.6 Å². The maximum atomic E-state index is 12.4. The number of hydrogen-bond donors (Lipinski definition) is 0. The van der Waals surface area contributed by atoms with Gasteiger partial charge in [0.05, 0.1) is 6.04 Å². The normalized spacial score (nSPS) is 14.4. The van der Waals surface area contributed by atoms with E-state index in [9.17, 15) is 4.79 Å². The lowest BCUT2D eigenvalue weighted by molar-refractivity contribution is 0.0836. The van der Waals surface area contributed by atoms with Crippen molar-refractivity contribution in [3.8, 4) is 11.5 Å². The maximum Gasteiger partial charge on any atom is 0.231 e. The van der Waals surface area contributed by atoms with E-state index >= 15 is 0 Å². The topological polar surface area (TPSA) is 38.8 Å². The van der Waals surface area contributed by atoms with Crippen LogP contribution in [0.25, 0.3) is 0 Å². The van der Waals surface area contributed by atoms with E-state index in [0.29, 0.717) is 23.1 Å². The van der Waals surface area contributed by atoms with E-state index < -0.39 is 0 Å². The number of halogens is 1. The molecular formula is C14H20ClNO3. The van der Waals surface area contributed by atoms with Gasteiger partial charge in [0.15, 0.2) is 17.3 Å². The summed E-state index contributed by atoms with van der Waals surface area (Å²) in [5, 5.41) is 0. The molecule has 2 rings (SSSR count). The number of benzene rings is 1. The van der Waals surface area contributed by atoms with Gasteiger partial charge in [-0.05, 0) is 46.0 Å². The summed E-state index contributed by atoms with van der Waals surface area (Å²) in [6.45, 7) is 6.30. The highest BCUT2D eigenvalue weighted by Gasteiger charge is 2.23. The van der Waals surface area contributed by atoms with Crippen molar-refractivity contribution in [1.29, 1.82) is 0 Å². The smallest absolute Gasteiger partial charge is 0.231 e. The number of carbonyl (C=O) groups is 1. The minimum absolute atomic E-state index is 0. The summed E-state index contributed by atoms with van der Waals surface area (Å²) >= 11 is 0. The highest BCUT2D eigenvalue weighted by molar-refractivity contribution is 6.00. The van der Waals surface area contributed by atoms with Gasteiger partial charge in [0.2, 0.25) is 6.79 Å². The molecule has 1 atom stereocenters. The molecule has 5 heteroatoms. The molecule has 0 fully saturated rings. The van der Waals surface area contributed by atoms with Crippen LogP contribution in [0.4, 0.5) is 0 Å². The standard InChI is InChI=1S/C14H19NO3.ClH/c1-9(2)15(4)10(3)14(16)11-5-6-12-13(7-11)18-8-17-12;/h5-7,9-10H,8H2,1-4H3;1H. The molecule has 0 amide bonds. The Kier molecular flexibility index (Phi) is 5.20. The van der Waals surface area contributed by atoms with Crippen molar-refractivity contribution in [2.24, 2.45) is 0 Å². The molecule has 1 aliphatic heterocycles. The van der Waals surface area contributed by atoms with E-state index in [1.165, 1.54) is 0 Å². The Morgan fingerprint density at radius 2 is 1.84 bits per heavy atom. The van der Waals surface area contributed by atoms with Gasteiger partial charge in [-0.1, -0.05) is 0 Å². The first kappa shape index (κ1) is 15.8. The Balaban J connectivity index is 0.00000180. The molecular weight excluding hydrogens is 266 g/mol. The number of nitrogens with zero attached hydrogens (tertiary/aromatic N) is 1. The van der Waals surface area contributed by atoms with Crippen LogP contribution < -0.4 is 9.47 Å².